The summed E-state index contributed by atoms with van der Waals surface area (Å²) in [5, 5.41) is 6.95. The number of nitrogens with zero attached hydrogens (tertiary/aromatic N) is 3. The third kappa shape index (κ3) is 1.87. The quantitative estimate of drug-likeness (QED) is 0.818. The highest BCUT2D eigenvalue weighted by molar-refractivity contribution is 5.32. The molecule has 0 aliphatic carbocycles. The van der Waals surface area contributed by atoms with E-state index in [1.54, 1.807) is 25.2 Å². The van der Waals surface area contributed by atoms with Gasteiger partial charge in [0.25, 0.3) is 0 Å². The van der Waals surface area contributed by atoms with Gasteiger partial charge in [-0.2, -0.15) is 5.10 Å². The van der Waals surface area contributed by atoms with E-state index in [1.165, 1.54) is 17.1 Å². The number of hydrogen-bond donors (Lipinski definition) is 1. The van der Waals surface area contributed by atoms with Crippen molar-refractivity contribution in [3.63, 3.8) is 0 Å². The molecule has 0 aliphatic heterocycles. The predicted octanol–water partition coefficient (Wildman–Crippen LogP) is 1.13. The Morgan fingerprint density at radius 1 is 1.40 bits per heavy atom. The van der Waals surface area contributed by atoms with Gasteiger partial charge in [0.1, 0.15) is 23.7 Å². The fraction of sp³-hybridized carbons (Fsp3) is 0.200. The largest absolute Gasteiger partial charge is 0.313 e. The van der Waals surface area contributed by atoms with Crippen molar-refractivity contribution in [2.75, 3.05) is 7.05 Å². The highest BCUT2D eigenvalue weighted by atomic mass is 19.1. The number of rotatable bonds is 3. The van der Waals surface area contributed by atoms with Crippen molar-refractivity contribution >= 4 is 0 Å². The van der Waals surface area contributed by atoms with Crippen LogP contribution in [0.15, 0.2) is 30.6 Å². The van der Waals surface area contributed by atoms with Gasteiger partial charge in [-0.15, -0.1) is 0 Å². The van der Waals surface area contributed by atoms with Gasteiger partial charge in [-0.25, -0.2) is 14.1 Å². The molecule has 1 aromatic heterocycles. The number of halogens is 1. The van der Waals surface area contributed by atoms with Crippen LogP contribution < -0.4 is 5.32 Å². The summed E-state index contributed by atoms with van der Waals surface area (Å²) in [5.41, 5.74) is 0.417. The zero-order chi connectivity index (χ0) is 10.7. The van der Waals surface area contributed by atoms with Gasteiger partial charge in [-0.1, -0.05) is 12.1 Å². The smallest absolute Gasteiger partial charge is 0.148 e. The molecule has 0 unspecified atom stereocenters. The van der Waals surface area contributed by atoms with E-state index in [1.807, 2.05) is 0 Å². The van der Waals surface area contributed by atoms with Crippen molar-refractivity contribution in [3.8, 4) is 5.69 Å². The summed E-state index contributed by atoms with van der Waals surface area (Å²) in [7, 11) is 1.81. The molecular formula is C10H11FN4. The summed E-state index contributed by atoms with van der Waals surface area (Å²) < 4.78 is 15.0. The fourth-order valence-corrected chi connectivity index (χ4v) is 1.37. The highest BCUT2D eigenvalue weighted by Crippen LogP contribution is 2.12. The highest BCUT2D eigenvalue weighted by Gasteiger charge is 2.08. The van der Waals surface area contributed by atoms with E-state index in [4.69, 9.17) is 0 Å². The number of benzene rings is 1. The third-order valence-electron chi connectivity index (χ3n) is 2.03. The minimum absolute atomic E-state index is 0.305. The van der Waals surface area contributed by atoms with Gasteiger partial charge >= 0.3 is 0 Å². The van der Waals surface area contributed by atoms with E-state index >= 15 is 0 Å². The van der Waals surface area contributed by atoms with Crippen LogP contribution >= 0.6 is 0 Å². The normalized spacial score (nSPS) is 10.5. The minimum atomic E-state index is -0.305. The summed E-state index contributed by atoms with van der Waals surface area (Å²) in [4.78, 5) is 4.05. The lowest BCUT2D eigenvalue weighted by molar-refractivity contribution is 0.601. The second kappa shape index (κ2) is 4.18. The SMILES string of the molecule is CNCc1ncnn1-c1ccccc1F. The Bertz CT molecular complexity index is 452. The van der Waals surface area contributed by atoms with Crippen molar-refractivity contribution in [1.82, 2.24) is 20.1 Å². The molecule has 2 rings (SSSR count). The maximum atomic E-state index is 13.5. The lowest BCUT2D eigenvalue weighted by Crippen LogP contribution is -2.12. The summed E-state index contributed by atoms with van der Waals surface area (Å²) in [6, 6.07) is 6.49. The van der Waals surface area contributed by atoms with Gasteiger partial charge < -0.3 is 5.32 Å². The molecule has 0 aliphatic rings. The molecule has 78 valence electrons. The zero-order valence-corrected chi connectivity index (χ0v) is 8.31. The van der Waals surface area contributed by atoms with Crippen LogP contribution in [0, 0.1) is 5.82 Å². The molecular weight excluding hydrogens is 195 g/mol. The first-order valence-electron chi connectivity index (χ1n) is 4.61. The van der Waals surface area contributed by atoms with Gasteiger partial charge in [-0.3, -0.25) is 0 Å². The first-order chi connectivity index (χ1) is 7.33. The monoisotopic (exact) mass is 206 g/mol. The summed E-state index contributed by atoms with van der Waals surface area (Å²) in [6.07, 6.45) is 1.42. The summed E-state index contributed by atoms with van der Waals surface area (Å²) >= 11 is 0. The van der Waals surface area contributed by atoms with Crippen LogP contribution in [0.2, 0.25) is 0 Å². The molecule has 2 aromatic rings. The number of para-hydroxylation sites is 1. The van der Waals surface area contributed by atoms with E-state index in [9.17, 15) is 4.39 Å². The van der Waals surface area contributed by atoms with E-state index in [-0.39, 0.29) is 5.82 Å². The standard InChI is InChI=1S/C10H11FN4/c1-12-6-10-13-7-14-15(10)9-5-3-2-4-8(9)11/h2-5,7,12H,6H2,1H3. The van der Waals surface area contributed by atoms with Crippen molar-refractivity contribution in [2.45, 2.75) is 6.54 Å². The van der Waals surface area contributed by atoms with Crippen molar-refractivity contribution in [2.24, 2.45) is 0 Å². The van der Waals surface area contributed by atoms with Gasteiger partial charge in [-0.05, 0) is 19.2 Å². The Labute approximate surface area is 86.8 Å². The van der Waals surface area contributed by atoms with Gasteiger partial charge in [0.2, 0.25) is 0 Å². The Hall–Kier alpha value is -1.75. The lowest BCUT2D eigenvalue weighted by atomic mass is 10.3. The predicted molar refractivity (Wildman–Crippen MR) is 54.1 cm³/mol. The number of hydrogen-bond acceptors (Lipinski definition) is 3. The minimum Gasteiger partial charge on any atom is -0.313 e. The maximum absolute atomic E-state index is 13.5. The Kier molecular flexibility index (Phi) is 2.73. The van der Waals surface area contributed by atoms with E-state index in [0.717, 1.165) is 0 Å². The van der Waals surface area contributed by atoms with Crippen LogP contribution in [0.1, 0.15) is 5.82 Å². The van der Waals surface area contributed by atoms with Crippen molar-refractivity contribution in [3.05, 3.63) is 42.2 Å². The summed E-state index contributed by atoms with van der Waals surface area (Å²) in [5.74, 6) is 0.378. The first-order valence-corrected chi connectivity index (χ1v) is 4.61. The average Bonchev–Trinajstić information content (AvgIpc) is 2.67. The molecule has 4 nitrogen and oxygen atoms in total. The topological polar surface area (TPSA) is 42.7 Å². The molecule has 0 saturated carbocycles. The van der Waals surface area contributed by atoms with Crippen LogP contribution in [0.4, 0.5) is 4.39 Å². The molecule has 0 saturated heterocycles. The molecule has 1 aromatic carbocycles. The van der Waals surface area contributed by atoms with Crippen LogP contribution in [0.25, 0.3) is 5.69 Å². The summed E-state index contributed by atoms with van der Waals surface area (Å²) in [6.45, 7) is 0.550. The molecule has 0 bridgehead atoms. The molecule has 5 heteroatoms. The molecule has 0 atom stereocenters. The van der Waals surface area contributed by atoms with Crippen molar-refractivity contribution < 1.29 is 4.39 Å². The average molecular weight is 206 g/mol. The molecule has 0 amide bonds. The van der Waals surface area contributed by atoms with Gasteiger partial charge in [0.15, 0.2) is 0 Å². The Morgan fingerprint density at radius 2 is 2.20 bits per heavy atom. The second-order valence-electron chi connectivity index (χ2n) is 3.07. The molecule has 1 heterocycles. The molecule has 0 spiro atoms. The fourth-order valence-electron chi connectivity index (χ4n) is 1.37. The van der Waals surface area contributed by atoms with Crippen LogP contribution in [0.3, 0.4) is 0 Å². The number of aromatic nitrogens is 3. The molecule has 1 N–H and O–H groups in total. The molecule has 0 radical (unpaired) electrons. The van der Waals surface area contributed by atoms with Crippen molar-refractivity contribution in [1.29, 1.82) is 0 Å². The third-order valence-corrected chi connectivity index (χ3v) is 2.03. The molecule has 0 fully saturated rings. The van der Waals surface area contributed by atoms with Crippen LogP contribution in [0.5, 0.6) is 0 Å². The Balaban J connectivity index is 2.45. The maximum Gasteiger partial charge on any atom is 0.148 e. The first kappa shape index (κ1) is 9.79. The van der Waals surface area contributed by atoms with Crippen LogP contribution in [-0.4, -0.2) is 21.8 Å². The number of nitrogens with one attached hydrogen (secondary N) is 1. The van der Waals surface area contributed by atoms with Crippen LogP contribution in [-0.2, 0) is 6.54 Å². The molecule has 15 heavy (non-hydrogen) atoms. The second-order valence-corrected chi connectivity index (χ2v) is 3.07. The van der Waals surface area contributed by atoms with E-state index in [0.29, 0.717) is 18.1 Å². The zero-order valence-electron chi connectivity index (χ0n) is 8.31. The van der Waals surface area contributed by atoms with E-state index < -0.39 is 0 Å². The Morgan fingerprint density at radius 3 is 2.93 bits per heavy atom. The van der Waals surface area contributed by atoms with E-state index in [2.05, 4.69) is 15.4 Å². The lowest BCUT2D eigenvalue weighted by Gasteiger charge is -2.05. The van der Waals surface area contributed by atoms with Gasteiger partial charge in [0, 0.05) is 0 Å². The van der Waals surface area contributed by atoms with Gasteiger partial charge in [0.05, 0.1) is 6.54 Å².